The molecule has 2 rings (SSSR count). The van der Waals surface area contributed by atoms with Gasteiger partial charge in [0.1, 0.15) is 6.04 Å². The molecule has 0 radical (unpaired) electrons. The molecule has 3 amide bonds. The lowest BCUT2D eigenvalue weighted by molar-refractivity contribution is -0.130. The first-order valence-corrected chi connectivity index (χ1v) is 9.50. The van der Waals surface area contributed by atoms with Crippen molar-refractivity contribution in [1.29, 1.82) is 0 Å². The number of hydrogen-bond donors (Lipinski definition) is 7. The summed E-state index contributed by atoms with van der Waals surface area (Å²) in [5.41, 5.74) is 23.3. The number of guanidine groups is 1. The Hall–Kier alpha value is -3.60. The fourth-order valence-corrected chi connectivity index (χ4v) is 2.96. The van der Waals surface area contributed by atoms with Gasteiger partial charge in [0.25, 0.3) is 0 Å². The minimum atomic E-state index is -0.931. The fraction of sp³-hybridized carbons (Fsp3) is 0.368. The van der Waals surface area contributed by atoms with Crippen molar-refractivity contribution in [1.82, 2.24) is 15.6 Å². The zero-order chi connectivity index (χ0) is 22.1. The number of nitrogens with zero attached hydrogens (tertiary/aromatic N) is 1. The summed E-state index contributed by atoms with van der Waals surface area (Å²) in [7, 11) is 0. The molecular formula is C19H28N8O3. The summed E-state index contributed by atoms with van der Waals surface area (Å²) < 4.78 is 0. The van der Waals surface area contributed by atoms with Gasteiger partial charge in [-0.2, -0.15) is 0 Å². The first-order chi connectivity index (χ1) is 14.3. The van der Waals surface area contributed by atoms with E-state index in [0.717, 1.165) is 16.5 Å². The number of aliphatic imine (C=N–C) groups is 1. The van der Waals surface area contributed by atoms with Gasteiger partial charge >= 0.3 is 0 Å². The van der Waals surface area contributed by atoms with Gasteiger partial charge < -0.3 is 38.6 Å². The molecule has 0 aliphatic rings. The molecule has 162 valence electrons. The predicted octanol–water partition coefficient (Wildman–Crippen LogP) is -1.82. The van der Waals surface area contributed by atoms with Gasteiger partial charge in [-0.1, -0.05) is 18.2 Å². The molecule has 1 aromatic carbocycles. The SMILES string of the molecule is NC(=O)CNC(=O)[C@H](Cc1c[nH]c2ccccc12)NC(=O)[C@@H](N)CCCN=C(N)N. The molecule has 0 bridgehead atoms. The van der Waals surface area contributed by atoms with Crippen LogP contribution in [0, 0.1) is 0 Å². The van der Waals surface area contributed by atoms with Crippen molar-refractivity contribution >= 4 is 34.6 Å². The number of fused-ring (bicyclic) bond motifs is 1. The third-order valence-electron chi connectivity index (χ3n) is 4.47. The van der Waals surface area contributed by atoms with E-state index in [-0.39, 0.29) is 18.9 Å². The van der Waals surface area contributed by atoms with E-state index in [2.05, 4.69) is 20.6 Å². The first kappa shape index (κ1) is 22.7. The van der Waals surface area contributed by atoms with Crippen molar-refractivity contribution in [3.63, 3.8) is 0 Å². The van der Waals surface area contributed by atoms with Gasteiger partial charge in [0.15, 0.2) is 5.96 Å². The van der Waals surface area contributed by atoms with Crippen LogP contribution >= 0.6 is 0 Å². The molecule has 30 heavy (non-hydrogen) atoms. The number of benzene rings is 1. The zero-order valence-electron chi connectivity index (χ0n) is 16.6. The molecule has 1 aromatic heterocycles. The van der Waals surface area contributed by atoms with Gasteiger partial charge in [0, 0.05) is 30.1 Å². The van der Waals surface area contributed by atoms with E-state index in [0.29, 0.717) is 19.4 Å². The summed E-state index contributed by atoms with van der Waals surface area (Å²) in [5.74, 6) is -1.73. The average molecular weight is 416 g/mol. The smallest absolute Gasteiger partial charge is 0.243 e. The summed E-state index contributed by atoms with van der Waals surface area (Å²) in [6.45, 7) is 0.0187. The summed E-state index contributed by atoms with van der Waals surface area (Å²) in [6.07, 6.45) is 2.83. The Balaban J connectivity index is 2.07. The van der Waals surface area contributed by atoms with Gasteiger partial charge in [-0.15, -0.1) is 0 Å². The summed E-state index contributed by atoms with van der Waals surface area (Å²) >= 11 is 0. The highest BCUT2D eigenvalue weighted by Crippen LogP contribution is 2.19. The van der Waals surface area contributed by atoms with Crippen molar-refractivity contribution < 1.29 is 14.4 Å². The van der Waals surface area contributed by atoms with Crippen LogP contribution in [0.4, 0.5) is 0 Å². The second-order valence-corrected chi connectivity index (χ2v) is 6.86. The summed E-state index contributed by atoms with van der Waals surface area (Å²) in [4.78, 5) is 43.1. The molecule has 11 N–H and O–H groups in total. The Kier molecular flexibility index (Phi) is 8.18. The van der Waals surface area contributed by atoms with E-state index in [1.54, 1.807) is 6.20 Å². The zero-order valence-corrected chi connectivity index (χ0v) is 16.6. The molecule has 0 unspecified atom stereocenters. The standard InChI is InChI=1S/C19H28N8O3/c20-13(5-3-7-24-19(22)23)17(29)27-15(18(30)26-10-16(21)28)8-11-9-25-14-6-2-1-4-12(11)14/h1-2,4,6,9,13,15,25H,3,5,7-8,10,20H2,(H2,21,28)(H,26,30)(H,27,29)(H4,22,23,24)/t13-,15-/m0/s1. The molecule has 0 spiro atoms. The largest absolute Gasteiger partial charge is 0.370 e. The molecule has 0 aliphatic heterocycles. The van der Waals surface area contributed by atoms with Crippen LogP contribution in [0.5, 0.6) is 0 Å². The molecule has 2 atom stereocenters. The molecular weight excluding hydrogens is 388 g/mol. The van der Waals surface area contributed by atoms with E-state index < -0.39 is 29.8 Å². The van der Waals surface area contributed by atoms with Crippen LogP contribution < -0.4 is 33.6 Å². The summed E-state index contributed by atoms with van der Waals surface area (Å²) in [5, 5.41) is 6.02. The second-order valence-electron chi connectivity index (χ2n) is 6.86. The van der Waals surface area contributed by atoms with Gasteiger partial charge in [-0.3, -0.25) is 19.4 Å². The van der Waals surface area contributed by atoms with Crippen LogP contribution in [0.2, 0.25) is 0 Å². The maximum absolute atomic E-state index is 12.6. The molecule has 11 nitrogen and oxygen atoms in total. The fourth-order valence-electron chi connectivity index (χ4n) is 2.96. The number of aromatic nitrogens is 1. The number of carbonyl (C=O) groups is 3. The maximum atomic E-state index is 12.6. The molecule has 0 aliphatic carbocycles. The number of rotatable bonds is 11. The van der Waals surface area contributed by atoms with E-state index >= 15 is 0 Å². The predicted molar refractivity (Wildman–Crippen MR) is 114 cm³/mol. The van der Waals surface area contributed by atoms with E-state index in [4.69, 9.17) is 22.9 Å². The third-order valence-corrected chi connectivity index (χ3v) is 4.47. The van der Waals surface area contributed by atoms with Crippen LogP contribution in [0.25, 0.3) is 10.9 Å². The van der Waals surface area contributed by atoms with Gasteiger partial charge in [-0.25, -0.2) is 0 Å². The highest BCUT2D eigenvalue weighted by molar-refractivity contribution is 5.92. The lowest BCUT2D eigenvalue weighted by Gasteiger charge is -2.20. The molecule has 0 saturated carbocycles. The van der Waals surface area contributed by atoms with Crippen molar-refractivity contribution in [3.05, 3.63) is 36.0 Å². The summed E-state index contributed by atoms with van der Waals surface area (Å²) in [6, 6.07) is 5.83. The number of hydrogen-bond acceptors (Lipinski definition) is 5. The number of aromatic amines is 1. The number of nitrogens with two attached hydrogens (primary N) is 4. The van der Waals surface area contributed by atoms with E-state index in [1.165, 1.54) is 0 Å². The van der Waals surface area contributed by atoms with Gasteiger partial charge in [-0.05, 0) is 24.5 Å². The molecule has 2 aromatic rings. The van der Waals surface area contributed by atoms with Crippen LogP contribution in [0.15, 0.2) is 35.5 Å². The number of para-hydroxylation sites is 1. The Morgan fingerprint density at radius 3 is 2.53 bits per heavy atom. The Morgan fingerprint density at radius 1 is 1.10 bits per heavy atom. The Labute approximate surface area is 173 Å². The monoisotopic (exact) mass is 416 g/mol. The molecule has 0 saturated heterocycles. The normalized spacial score (nSPS) is 12.7. The number of nitrogens with one attached hydrogen (secondary N) is 3. The third kappa shape index (κ3) is 6.78. The van der Waals surface area contributed by atoms with E-state index in [9.17, 15) is 14.4 Å². The second kappa shape index (κ2) is 10.8. The highest BCUT2D eigenvalue weighted by atomic mass is 16.2. The van der Waals surface area contributed by atoms with Crippen molar-refractivity contribution in [2.24, 2.45) is 27.9 Å². The quantitative estimate of drug-likeness (QED) is 0.127. The lowest BCUT2D eigenvalue weighted by atomic mass is 10.0. The number of amides is 3. The van der Waals surface area contributed by atoms with Crippen LogP contribution in [-0.2, 0) is 20.8 Å². The first-order valence-electron chi connectivity index (χ1n) is 9.50. The molecule has 1 heterocycles. The van der Waals surface area contributed by atoms with Crippen molar-refractivity contribution in [2.75, 3.05) is 13.1 Å². The van der Waals surface area contributed by atoms with Crippen LogP contribution in [0.3, 0.4) is 0 Å². The molecule has 11 heteroatoms. The molecule has 0 fully saturated rings. The number of primary amides is 1. The lowest BCUT2D eigenvalue weighted by Crippen LogP contribution is -2.53. The average Bonchev–Trinajstić information content (AvgIpc) is 3.11. The number of carbonyl (C=O) groups excluding carboxylic acids is 3. The highest BCUT2D eigenvalue weighted by Gasteiger charge is 2.25. The van der Waals surface area contributed by atoms with Gasteiger partial charge in [0.05, 0.1) is 12.6 Å². The van der Waals surface area contributed by atoms with Crippen LogP contribution in [-0.4, -0.2) is 53.8 Å². The van der Waals surface area contributed by atoms with Crippen LogP contribution in [0.1, 0.15) is 18.4 Å². The number of H-pyrrole nitrogens is 1. The Bertz CT molecular complexity index is 919. The maximum Gasteiger partial charge on any atom is 0.243 e. The van der Waals surface area contributed by atoms with Crippen molar-refractivity contribution in [3.8, 4) is 0 Å². The Morgan fingerprint density at radius 2 is 1.83 bits per heavy atom. The van der Waals surface area contributed by atoms with Gasteiger partial charge in [0.2, 0.25) is 17.7 Å². The van der Waals surface area contributed by atoms with Crippen molar-refractivity contribution in [2.45, 2.75) is 31.3 Å². The van der Waals surface area contributed by atoms with E-state index in [1.807, 2.05) is 24.3 Å². The minimum absolute atomic E-state index is 0.0297. The topological polar surface area (TPSA) is 208 Å². The minimum Gasteiger partial charge on any atom is -0.370 e.